The van der Waals surface area contributed by atoms with Crippen molar-refractivity contribution in [1.82, 2.24) is 14.9 Å². The lowest BCUT2D eigenvalue weighted by molar-refractivity contribution is 0.335. The molecule has 0 radical (unpaired) electrons. The van der Waals surface area contributed by atoms with Gasteiger partial charge in [-0.3, -0.25) is 9.36 Å². The van der Waals surface area contributed by atoms with Crippen molar-refractivity contribution in [3.05, 3.63) is 38.9 Å². The van der Waals surface area contributed by atoms with E-state index in [4.69, 9.17) is 23.2 Å². The predicted molar refractivity (Wildman–Crippen MR) is 67.9 cm³/mol. The van der Waals surface area contributed by atoms with Crippen LogP contribution < -0.4 is 10.9 Å². The number of hydrogen-bond donors (Lipinski definition) is 1. The summed E-state index contributed by atoms with van der Waals surface area (Å²) in [5, 5.41) is 4.37. The van der Waals surface area contributed by atoms with Crippen LogP contribution in [0.25, 0.3) is 10.9 Å². The van der Waals surface area contributed by atoms with Gasteiger partial charge in [0.25, 0.3) is 5.56 Å². The summed E-state index contributed by atoms with van der Waals surface area (Å²) in [5.74, 6) is 0. The molecule has 6 heteroatoms. The highest BCUT2D eigenvalue weighted by Gasteiger charge is 2.23. The molecule has 88 valence electrons. The smallest absolute Gasteiger partial charge is 0.262 e. The number of nitrogens with zero attached hydrogens (tertiary/aromatic N) is 2. The first-order valence-corrected chi connectivity index (χ1v) is 6.00. The standard InChI is InChI=1S/C11H9Cl2N3O/c12-6-1-2-9-8(3-6)10(17)16(11(13)15-9)7-4-14-5-7/h1-3,7,14H,4-5H2. The van der Waals surface area contributed by atoms with Gasteiger partial charge in [-0.05, 0) is 29.8 Å². The number of hydrogen-bond acceptors (Lipinski definition) is 3. The van der Waals surface area contributed by atoms with Crippen LogP contribution in [0.15, 0.2) is 23.0 Å². The molecule has 0 aliphatic carbocycles. The Morgan fingerprint density at radius 1 is 1.35 bits per heavy atom. The zero-order chi connectivity index (χ0) is 12.0. The molecule has 2 aromatic rings. The Morgan fingerprint density at radius 2 is 2.12 bits per heavy atom. The van der Waals surface area contributed by atoms with E-state index in [9.17, 15) is 4.79 Å². The molecule has 1 saturated heterocycles. The molecule has 0 unspecified atom stereocenters. The summed E-state index contributed by atoms with van der Waals surface area (Å²) < 4.78 is 1.52. The maximum Gasteiger partial charge on any atom is 0.262 e. The Hall–Kier alpha value is -1.10. The number of halogens is 2. The Balaban J connectivity index is 2.32. The minimum Gasteiger partial charge on any atom is -0.313 e. The van der Waals surface area contributed by atoms with Gasteiger partial charge in [0.2, 0.25) is 5.28 Å². The van der Waals surface area contributed by atoms with Crippen LogP contribution in [0.2, 0.25) is 10.3 Å². The van der Waals surface area contributed by atoms with Gasteiger partial charge >= 0.3 is 0 Å². The second-order valence-corrected chi connectivity index (χ2v) is 4.80. The van der Waals surface area contributed by atoms with Crippen molar-refractivity contribution in [2.45, 2.75) is 6.04 Å². The Kier molecular flexibility index (Phi) is 2.58. The molecule has 1 N–H and O–H groups in total. The van der Waals surface area contributed by atoms with E-state index in [1.165, 1.54) is 4.57 Å². The summed E-state index contributed by atoms with van der Waals surface area (Å²) in [7, 11) is 0. The molecule has 0 bridgehead atoms. The molecule has 0 spiro atoms. The second kappa shape index (κ2) is 3.98. The van der Waals surface area contributed by atoms with Gasteiger partial charge in [-0.1, -0.05) is 11.6 Å². The van der Waals surface area contributed by atoms with Crippen molar-refractivity contribution >= 4 is 34.1 Å². The monoisotopic (exact) mass is 269 g/mol. The van der Waals surface area contributed by atoms with E-state index in [0.29, 0.717) is 15.9 Å². The summed E-state index contributed by atoms with van der Waals surface area (Å²) in [5.41, 5.74) is 0.446. The van der Waals surface area contributed by atoms with Crippen molar-refractivity contribution in [1.29, 1.82) is 0 Å². The fourth-order valence-corrected chi connectivity index (χ4v) is 2.39. The van der Waals surface area contributed by atoms with Gasteiger partial charge in [0.1, 0.15) is 0 Å². The lowest BCUT2D eigenvalue weighted by Crippen LogP contribution is -2.47. The van der Waals surface area contributed by atoms with Crippen molar-refractivity contribution < 1.29 is 0 Å². The van der Waals surface area contributed by atoms with E-state index in [1.54, 1.807) is 18.2 Å². The quantitative estimate of drug-likeness (QED) is 0.804. The van der Waals surface area contributed by atoms with Crippen molar-refractivity contribution in [2.75, 3.05) is 13.1 Å². The number of aromatic nitrogens is 2. The molecule has 0 saturated carbocycles. The average molecular weight is 270 g/mol. The fraction of sp³-hybridized carbons (Fsp3) is 0.273. The molecule has 0 amide bonds. The molecular weight excluding hydrogens is 261 g/mol. The van der Waals surface area contributed by atoms with Crippen LogP contribution in [0.1, 0.15) is 6.04 Å². The molecule has 1 aliphatic heterocycles. The van der Waals surface area contributed by atoms with Crippen molar-refractivity contribution in [2.24, 2.45) is 0 Å². The first kappa shape index (κ1) is 11.0. The lowest BCUT2D eigenvalue weighted by atomic mass is 10.1. The first-order chi connectivity index (χ1) is 8.16. The molecule has 3 rings (SSSR count). The minimum atomic E-state index is -0.131. The Morgan fingerprint density at radius 3 is 2.76 bits per heavy atom. The maximum absolute atomic E-state index is 12.3. The molecule has 1 fully saturated rings. The van der Waals surface area contributed by atoms with Gasteiger partial charge in [-0.2, -0.15) is 0 Å². The predicted octanol–water partition coefficient (Wildman–Crippen LogP) is 1.85. The summed E-state index contributed by atoms with van der Waals surface area (Å²) in [6.45, 7) is 1.49. The van der Waals surface area contributed by atoms with Gasteiger partial charge in [0.05, 0.1) is 16.9 Å². The van der Waals surface area contributed by atoms with Crippen LogP contribution in [0.5, 0.6) is 0 Å². The normalized spacial score (nSPS) is 16.1. The highest BCUT2D eigenvalue weighted by atomic mass is 35.5. The van der Waals surface area contributed by atoms with Gasteiger partial charge in [0, 0.05) is 18.1 Å². The third kappa shape index (κ3) is 1.73. The van der Waals surface area contributed by atoms with Gasteiger partial charge in [-0.25, -0.2) is 4.98 Å². The Labute approximate surface area is 107 Å². The average Bonchev–Trinajstić information content (AvgIpc) is 2.23. The third-order valence-electron chi connectivity index (χ3n) is 2.94. The number of rotatable bonds is 1. The van der Waals surface area contributed by atoms with E-state index in [-0.39, 0.29) is 16.9 Å². The second-order valence-electron chi connectivity index (χ2n) is 4.03. The lowest BCUT2D eigenvalue weighted by Gasteiger charge is -2.29. The third-order valence-corrected chi connectivity index (χ3v) is 3.45. The molecule has 1 aliphatic rings. The number of fused-ring (bicyclic) bond motifs is 1. The molecule has 0 atom stereocenters. The summed E-state index contributed by atoms with van der Waals surface area (Å²) in [6, 6.07) is 5.12. The summed E-state index contributed by atoms with van der Waals surface area (Å²) in [4.78, 5) is 16.5. The van der Waals surface area contributed by atoms with Crippen molar-refractivity contribution in [3.8, 4) is 0 Å². The minimum absolute atomic E-state index is 0.0888. The summed E-state index contributed by atoms with van der Waals surface area (Å²) >= 11 is 11.9. The van der Waals surface area contributed by atoms with E-state index < -0.39 is 0 Å². The van der Waals surface area contributed by atoms with Crippen LogP contribution in [0, 0.1) is 0 Å². The molecular formula is C11H9Cl2N3O. The van der Waals surface area contributed by atoms with E-state index in [2.05, 4.69) is 10.3 Å². The zero-order valence-electron chi connectivity index (χ0n) is 8.78. The van der Waals surface area contributed by atoms with Crippen LogP contribution in [-0.2, 0) is 0 Å². The van der Waals surface area contributed by atoms with Gasteiger partial charge < -0.3 is 5.32 Å². The molecule has 2 heterocycles. The van der Waals surface area contributed by atoms with Crippen LogP contribution in [0.4, 0.5) is 0 Å². The molecule has 1 aromatic carbocycles. The largest absolute Gasteiger partial charge is 0.313 e. The SMILES string of the molecule is O=c1c2cc(Cl)ccc2nc(Cl)n1C1CNC1. The van der Waals surface area contributed by atoms with Gasteiger partial charge in [-0.15, -0.1) is 0 Å². The fourth-order valence-electron chi connectivity index (χ4n) is 1.92. The van der Waals surface area contributed by atoms with E-state index >= 15 is 0 Å². The van der Waals surface area contributed by atoms with Crippen molar-refractivity contribution in [3.63, 3.8) is 0 Å². The molecule has 17 heavy (non-hydrogen) atoms. The molecule has 4 nitrogen and oxygen atoms in total. The number of nitrogens with one attached hydrogen (secondary N) is 1. The first-order valence-electron chi connectivity index (χ1n) is 5.25. The number of benzene rings is 1. The van der Waals surface area contributed by atoms with Gasteiger partial charge in [0.15, 0.2) is 0 Å². The highest BCUT2D eigenvalue weighted by molar-refractivity contribution is 6.31. The van der Waals surface area contributed by atoms with Crippen LogP contribution >= 0.6 is 23.2 Å². The zero-order valence-corrected chi connectivity index (χ0v) is 10.3. The maximum atomic E-state index is 12.3. The van der Waals surface area contributed by atoms with Crippen LogP contribution in [0.3, 0.4) is 0 Å². The van der Waals surface area contributed by atoms with E-state index in [1.807, 2.05) is 0 Å². The van der Waals surface area contributed by atoms with Crippen LogP contribution in [-0.4, -0.2) is 22.6 Å². The highest BCUT2D eigenvalue weighted by Crippen LogP contribution is 2.20. The summed E-state index contributed by atoms with van der Waals surface area (Å²) in [6.07, 6.45) is 0. The Bertz CT molecular complexity index is 649. The van der Waals surface area contributed by atoms with E-state index in [0.717, 1.165) is 13.1 Å². The topological polar surface area (TPSA) is 46.9 Å². The molecule has 1 aromatic heterocycles.